The number of nitrogens with zero attached hydrogens (tertiary/aromatic N) is 2. The molecule has 0 spiro atoms. The van der Waals surface area contributed by atoms with Crippen molar-refractivity contribution in [1.29, 1.82) is 0 Å². The minimum absolute atomic E-state index is 0.0219. The van der Waals surface area contributed by atoms with Gasteiger partial charge in [0.05, 0.1) is 4.75 Å². The molecule has 0 aliphatic rings. The van der Waals surface area contributed by atoms with Crippen LogP contribution in [0.3, 0.4) is 0 Å². The maximum absolute atomic E-state index is 12.5. The van der Waals surface area contributed by atoms with Crippen molar-refractivity contribution < 1.29 is 8.42 Å². The molecule has 0 saturated heterocycles. The van der Waals surface area contributed by atoms with E-state index in [1.54, 1.807) is 0 Å². The Labute approximate surface area is 107 Å². The average Bonchev–Trinajstić information content (AvgIpc) is 2.66. The van der Waals surface area contributed by atoms with Gasteiger partial charge < -0.3 is 0 Å². The van der Waals surface area contributed by atoms with Gasteiger partial charge in [-0.2, -0.15) is 0 Å². The summed E-state index contributed by atoms with van der Waals surface area (Å²) in [4.78, 5) is 0. The van der Waals surface area contributed by atoms with Gasteiger partial charge in [-0.3, -0.25) is 0 Å². The van der Waals surface area contributed by atoms with Gasteiger partial charge in [0.2, 0.25) is 0 Å². The van der Waals surface area contributed by atoms with E-state index in [9.17, 15) is 8.42 Å². The third kappa shape index (κ3) is 2.85. The highest BCUT2D eigenvalue weighted by atomic mass is 32.2. The number of aryl methyl sites for hydroxylation is 1. The van der Waals surface area contributed by atoms with Crippen molar-refractivity contribution in [1.82, 2.24) is 10.2 Å². The lowest BCUT2D eigenvalue weighted by atomic mass is 9.99. The lowest BCUT2D eigenvalue weighted by Crippen LogP contribution is -2.37. The number of aromatic nitrogens is 2. The molecule has 4 nitrogen and oxygen atoms in total. The first-order chi connectivity index (χ1) is 7.90. The Hall–Kier alpha value is -0.490. The molecule has 0 N–H and O–H groups in total. The molecule has 0 radical (unpaired) electrons. The summed E-state index contributed by atoms with van der Waals surface area (Å²) in [5.41, 5.74) is 0. The van der Waals surface area contributed by atoms with Crippen LogP contribution in [0.25, 0.3) is 0 Å². The molecule has 0 unspecified atom stereocenters. The summed E-state index contributed by atoms with van der Waals surface area (Å²) >= 11 is 1.36. The molecule has 0 aliphatic carbocycles. The predicted molar refractivity (Wildman–Crippen MR) is 70.9 cm³/mol. The summed E-state index contributed by atoms with van der Waals surface area (Å²) in [6, 6.07) is 0. The SMILES string of the molecule is CCC(CC)(CC)S(=O)(=O)Cc1nnc(C)s1. The van der Waals surface area contributed by atoms with Crippen LogP contribution in [0.15, 0.2) is 0 Å². The smallest absolute Gasteiger partial charge is 0.162 e. The highest BCUT2D eigenvalue weighted by Gasteiger charge is 2.39. The number of rotatable bonds is 6. The van der Waals surface area contributed by atoms with Gasteiger partial charge in [-0.05, 0) is 26.2 Å². The van der Waals surface area contributed by atoms with E-state index in [0.717, 1.165) is 5.01 Å². The molecular weight excluding hydrogens is 256 g/mol. The molecule has 17 heavy (non-hydrogen) atoms. The van der Waals surface area contributed by atoms with E-state index in [4.69, 9.17) is 0 Å². The molecule has 1 heterocycles. The fourth-order valence-corrected chi connectivity index (χ4v) is 5.34. The van der Waals surface area contributed by atoms with Gasteiger partial charge in [0.1, 0.15) is 15.8 Å². The zero-order chi connectivity index (χ0) is 13.1. The van der Waals surface area contributed by atoms with E-state index in [1.165, 1.54) is 11.3 Å². The molecule has 1 aromatic rings. The molecular formula is C11H20N2O2S2. The topological polar surface area (TPSA) is 59.9 Å². The van der Waals surface area contributed by atoms with Crippen LogP contribution >= 0.6 is 11.3 Å². The first-order valence-electron chi connectivity index (χ1n) is 5.92. The molecule has 98 valence electrons. The van der Waals surface area contributed by atoms with E-state index >= 15 is 0 Å². The van der Waals surface area contributed by atoms with Crippen LogP contribution in [0.4, 0.5) is 0 Å². The normalized spacial score (nSPS) is 12.9. The molecule has 1 rings (SSSR count). The minimum atomic E-state index is -3.17. The molecule has 0 amide bonds. The molecule has 0 aliphatic heterocycles. The minimum Gasteiger partial charge on any atom is -0.228 e. The Balaban J connectivity index is 3.02. The van der Waals surface area contributed by atoms with Crippen molar-refractivity contribution in [2.24, 2.45) is 0 Å². The van der Waals surface area contributed by atoms with Crippen molar-refractivity contribution in [3.8, 4) is 0 Å². The zero-order valence-electron chi connectivity index (χ0n) is 10.9. The van der Waals surface area contributed by atoms with Gasteiger partial charge in [-0.15, -0.1) is 21.5 Å². The van der Waals surface area contributed by atoms with Crippen molar-refractivity contribution in [2.45, 2.75) is 57.5 Å². The van der Waals surface area contributed by atoms with E-state index in [2.05, 4.69) is 10.2 Å². The molecule has 0 fully saturated rings. The quantitative estimate of drug-likeness (QED) is 0.801. The van der Waals surface area contributed by atoms with Gasteiger partial charge in [0.25, 0.3) is 0 Å². The summed E-state index contributed by atoms with van der Waals surface area (Å²) in [6.07, 6.45) is 1.96. The fraction of sp³-hybridized carbons (Fsp3) is 0.818. The van der Waals surface area contributed by atoms with Crippen molar-refractivity contribution >= 4 is 21.2 Å². The van der Waals surface area contributed by atoms with Crippen LogP contribution in [-0.4, -0.2) is 23.4 Å². The fourth-order valence-electron chi connectivity index (χ4n) is 2.12. The first kappa shape index (κ1) is 14.6. The Bertz CT molecular complexity index is 453. The maximum Gasteiger partial charge on any atom is 0.162 e. The maximum atomic E-state index is 12.5. The largest absolute Gasteiger partial charge is 0.228 e. The lowest BCUT2D eigenvalue weighted by Gasteiger charge is -2.29. The average molecular weight is 276 g/mol. The van der Waals surface area contributed by atoms with Gasteiger partial charge >= 0.3 is 0 Å². The van der Waals surface area contributed by atoms with Gasteiger partial charge in [0, 0.05) is 0 Å². The molecule has 6 heteroatoms. The van der Waals surface area contributed by atoms with Crippen LogP contribution < -0.4 is 0 Å². The van der Waals surface area contributed by atoms with Gasteiger partial charge in [-0.1, -0.05) is 20.8 Å². The standard InChI is InChI=1S/C11H20N2O2S2/c1-5-11(6-2,7-3)17(14,15)8-10-13-12-9(4)16-10/h5-8H2,1-4H3. The number of hydrogen-bond donors (Lipinski definition) is 0. The molecule has 0 saturated carbocycles. The van der Waals surface area contributed by atoms with E-state index in [1.807, 2.05) is 27.7 Å². The molecule has 0 aromatic carbocycles. The molecule has 0 atom stereocenters. The first-order valence-corrected chi connectivity index (χ1v) is 8.39. The van der Waals surface area contributed by atoms with Crippen molar-refractivity contribution in [3.63, 3.8) is 0 Å². The lowest BCUT2D eigenvalue weighted by molar-refractivity contribution is 0.467. The van der Waals surface area contributed by atoms with Crippen molar-refractivity contribution in [2.75, 3.05) is 0 Å². The summed E-state index contributed by atoms with van der Waals surface area (Å²) < 4.78 is 24.3. The van der Waals surface area contributed by atoms with Gasteiger partial charge in [0.15, 0.2) is 9.84 Å². The van der Waals surface area contributed by atoms with Crippen LogP contribution in [0, 0.1) is 6.92 Å². The zero-order valence-corrected chi connectivity index (χ0v) is 12.5. The summed E-state index contributed by atoms with van der Waals surface area (Å²) in [5, 5.41) is 9.18. The highest BCUT2D eigenvalue weighted by molar-refractivity contribution is 7.92. The van der Waals surface area contributed by atoms with E-state index in [-0.39, 0.29) is 5.75 Å². The second-order valence-corrected chi connectivity index (χ2v) is 7.87. The Morgan fingerprint density at radius 1 is 1.12 bits per heavy atom. The Kier molecular flexibility index (Phi) is 4.66. The highest BCUT2D eigenvalue weighted by Crippen LogP contribution is 2.32. The second kappa shape index (κ2) is 5.44. The number of hydrogen-bond acceptors (Lipinski definition) is 5. The predicted octanol–water partition coefficient (Wildman–Crippen LogP) is 2.73. The van der Waals surface area contributed by atoms with Crippen molar-refractivity contribution in [3.05, 3.63) is 10.0 Å². The Morgan fingerprint density at radius 3 is 2.00 bits per heavy atom. The second-order valence-electron chi connectivity index (χ2n) is 4.22. The van der Waals surface area contributed by atoms with E-state index < -0.39 is 14.6 Å². The van der Waals surface area contributed by atoms with Gasteiger partial charge in [-0.25, -0.2) is 8.42 Å². The monoisotopic (exact) mass is 276 g/mol. The third-order valence-corrected chi connectivity index (χ3v) is 7.33. The van der Waals surface area contributed by atoms with E-state index in [0.29, 0.717) is 24.3 Å². The van der Waals surface area contributed by atoms with Crippen LogP contribution in [0.5, 0.6) is 0 Å². The van der Waals surface area contributed by atoms with Crippen LogP contribution in [-0.2, 0) is 15.6 Å². The Morgan fingerprint density at radius 2 is 1.65 bits per heavy atom. The third-order valence-electron chi connectivity index (χ3n) is 3.47. The molecule has 0 bridgehead atoms. The van der Waals surface area contributed by atoms with Crippen LogP contribution in [0.1, 0.15) is 50.0 Å². The van der Waals surface area contributed by atoms with Crippen LogP contribution in [0.2, 0.25) is 0 Å². The summed E-state index contributed by atoms with van der Waals surface area (Å²) in [7, 11) is -3.17. The number of sulfone groups is 1. The summed E-state index contributed by atoms with van der Waals surface area (Å²) in [6.45, 7) is 7.65. The molecule has 1 aromatic heterocycles. The summed E-state index contributed by atoms with van der Waals surface area (Å²) in [5.74, 6) is 0.0219.